The van der Waals surface area contributed by atoms with E-state index in [0.717, 1.165) is 35.0 Å². The van der Waals surface area contributed by atoms with E-state index >= 15 is 0 Å². The number of nitriles is 1. The lowest BCUT2D eigenvalue weighted by Crippen LogP contribution is -2.24. The number of amides is 1. The summed E-state index contributed by atoms with van der Waals surface area (Å²) >= 11 is 7.06. The summed E-state index contributed by atoms with van der Waals surface area (Å²) in [5.41, 5.74) is 3.07. The summed E-state index contributed by atoms with van der Waals surface area (Å²) in [7, 11) is 0. The number of carbonyl (C=O) groups is 1. The van der Waals surface area contributed by atoms with Gasteiger partial charge in [0.15, 0.2) is 5.16 Å². The zero-order valence-electron chi connectivity index (χ0n) is 17.3. The average Bonchev–Trinajstić information content (AvgIpc) is 2.75. The third-order valence-electron chi connectivity index (χ3n) is 4.77. The number of hydrogen-bond acceptors (Lipinski definition) is 5. The zero-order chi connectivity index (χ0) is 22.5. The molecule has 0 bridgehead atoms. The Balaban J connectivity index is 1.87. The summed E-state index contributed by atoms with van der Waals surface area (Å²) in [6.45, 7) is 5.72. The Morgan fingerprint density at radius 1 is 1.29 bits per heavy atom. The Hall–Kier alpha value is -3.08. The monoisotopic (exact) mass is 452 g/mol. The molecule has 0 unspecified atom stereocenters. The number of benzene rings is 2. The topological polar surface area (TPSA) is 98.6 Å². The van der Waals surface area contributed by atoms with Crippen molar-refractivity contribution in [3.8, 4) is 17.3 Å². The number of carbonyl (C=O) groups excluding carboxylic acids is 1. The maximum absolute atomic E-state index is 12.8. The summed E-state index contributed by atoms with van der Waals surface area (Å²) in [5, 5.41) is 12.7. The SMILES string of the molecule is CCc1cccc(C)c1NC(=O)[C@H](C)Sc1nc(-c2ccc(Cl)cc2)c(C#N)c(=O)[nH]1. The third-order valence-corrected chi connectivity index (χ3v) is 6.01. The van der Waals surface area contributed by atoms with Gasteiger partial charge in [0.2, 0.25) is 5.91 Å². The number of para-hydroxylation sites is 1. The van der Waals surface area contributed by atoms with Gasteiger partial charge in [-0.3, -0.25) is 9.59 Å². The summed E-state index contributed by atoms with van der Waals surface area (Å²) < 4.78 is 0. The smallest absolute Gasteiger partial charge is 0.270 e. The van der Waals surface area contributed by atoms with Gasteiger partial charge in [-0.15, -0.1) is 0 Å². The summed E-state index contributed by atoms with van der Waals surface area (Å²) in [6.07, 6.45) is 0.799. The Bertz CT molecular complexity index is 1220. The van der Waals surface area contributed by atoms with E-state index in [-0.39, 0.29) is 22.3 Å². The minimum Gasteiger partial charge on any atom is -0.325 e. The Labute approximate surface area is 189 Å². The third kappa shape index (κ3) is 5.16. The first-order chi connectivity index (χ1) is 14.8. The number of rotatable bonds is 6. The molecule has 0 saturated heterocycles. The van der Waals surface area contributed by atoms with Gasteiger partial charge in [-0.25, -0.2) is 4.98 Å². The minimum atomic E-state index is -0.551. The molecule has 2 aromatic carbocycles. The number of thioether (sulfide) groups is 1. The molecule has 158 valence electrons. The molecular weight excluding hydrogens is 432 g/mol. The second kappa shape index (κ2) is 9.82. The first kappa shape index (κ1) is 22.6. The Kier molecular flexibility index (Phi) is 7.16. The van der Waals surface area contributed by atoms with Crippen LogP contribution in [-0.4, -0.2) is 21.1 Å². The minimum absolute atomic E-state index is 0.0868. The van der Waals surface area contributed by atoms with Crippen molar-refractivity contribution in [3.05, 3.63) is 74.5 Å². The van der Waals surface area contributed by atoms with Gasteiger partial charge >= 0.3 is 0 Å². The molecule has 0 saturated carbocycles. The van der Waals surface area contributed by atoms with E-state index in [1.807, 2.05) is 38.1 Å². The first-order valence-electron chi connectivity index (χ1n) is 9.70. The van der Waals surface area contributed by atoms with E-state index in [2.05, 4.69) is 15.3 Å². The lowest BCUT2D eigenvalue weighted by molar-refractivity contribution is -0.115. The molecule has 0 radical (unpaired) electrons. The predicted octanol–water partition coefficient (Wildman–Crippen LogP) is 4.95. The van der Waals surface area contributed by atoms with Crippen molar-refractivity contribution in [1.29, 1.82) is 5.26 Å². The van der Waals surface area contributed by atoms with E-state index < -0.39 is 10.8 Å². The molecule has 0 fully saturated rings. The van der Waals surface area contributed by atoms with Crippen LogP contribution in [0.5, 0.6) is 0 Å². The van der Waals surface area contributed by atoms with Crippen LogP contribution in [0.15, 0.2) is 52.4 Å². The van der Waals surface area contributed by atoms with Crippen molar-refractivity contribution >= 4 is 35.0 Å². The van der Waals surface area contributed by atoms with Crippen LogP contribution in [0.3, 0.4) is 0 Å². The predicted molar refractivity (Wildman–Crippen MR) is 125 cm³/mol. The van der Waals surface area contributed by atoms with E-state index in [1.54, 1.807) is 31.2 Å². The summed E-state index contributed by atoms with van der Waals surface area (Å²) in [4.78, 5) is 32.3. The van der Waals surface area contributed by atoms with Crippen LogP contribution in [0.25, 0.3) is 11.3 Å². The maximum Gasteiger partial charge on any atom is 0.270 e. The number of aryl methyl sites for hydroxylation is 2. The number of hydrogen-bond donors (Lipinski definition) is 2. The van der Waals surface area contributed by atoms with E-state index in [9.17, 15) is 14.9 Å². The fourth-order valence-corrected chi connectivity index (χ4v) is 4.00. The molecule has 31 heavy (non-hydrogen) atoms. The van der Waals surface area contributed by atoms with Crippen LogP contribution in [-0.2, 0) is 11.2 Å². The standard InChI is InChI=1S/C23H21ClN4O2S/c1-4-15-7-5-6-13(2)19(15)26-21(29)14(3)31-23-27-20(18(12-25)22(30)28-23)16-8-10-17(24)11-9-16/h5-11,14H,4H2,1-3H3,(H,26,29)(H,27,28,30)/t14-/m0/s1. The number of anilines is 1. The van der Waals surface area contributed by atoms with Crippen molar-refractivity contribution in [2.45, 2.75) is 37.6 Å². The van der Waals surface area contributed by atoms with E-state index in [0.29, 0.717) is 10.6 Å². The molecule has 3 aromatic rings. The normalized spacial score (nSPS) is 11.6. The second-order valence-electron chi connectivity index (χ2n) is 6.93. The molecule has 8 heteroatoms. The molecule has 2 N–H and O–H groups in total. The molecule has 1 amide bonds. The number of H-pyrrole nitrogens is 1. The maximum atomic E-state index is 12.8. The van der Waals surface area contributed by atoms with E-state index in [1.165, 1.54) is 0 Å². The fourth-order valence-electron chi connectivity index (χ4n) is 3.08. The van der Waals surface area contributed by atoms with Crippen LogP contribution in [0.1, 0.15) is 30.5 Å². The van der Waals surface area contributed by atoms with Crippen molar-refractivity contribution < 1.29 is 4.79 Å². The number of nitrogens with zero attached hydrogens (tertiary/aromatic N) is 2. The highest BCUT2D eigenvalue weighted by molar-refractivity contribution is 8.00. The van der Waals surface area contributed by atoms with Gasteiger partial charge < -0.3 is 10.3 Å². The molecule has 1 aromatic heterocycles. The van der Waals surface area contributed by atoms with Gasteiger partial charge in [0.25, 0.3) is 5.56 Å². The molecule has 1 atom stereocenters. The van der Waals surface area contributed by atoms with Crippen molar-refractivity contribution in [1.82, 2.24) is 9.97 Å². The quantitative estimate of drug-likeness (QED) is 0.407. The second-order valence-corrected chi connectivity index (χ2v) is 8.69. The van der Waals surface area contributed by atoms with Crippen LogP contribution in [0.2, 0.25) is 5.02 Å². The van der Waals surface area contributed by atoms with Gasteiger partial charge in [-0.1, -0.05) is 60.6 Å². The van der Waals surface area contributed by atoms with Gasteiger partial charge in [0.1, 0.15) is 11.6 Å². The largest absolute Gasteiger partial charge is 0.325 e. The Morgan fingerprint density at radius 2 is 2.00 bits per heavy atom. The van der Waals surface area contributed by atoms with Crippen LogP contribution < -0.4 is 10.9 Å². The number of aromatic nitrogens is 2. The fraction of sp³-hybridized carbons (Fsp3) is 0.217. The van der Waals surface area contributed by atoms with Crippen LogP contribution in [0.4, 0.5) is 5.69 Å². The molecule has 0 aliphatic heterocycles. The summed E-state index contributed by atoms with van der Waals surface area (Å²) in [5.74, 6) is -0.200. The Morgan fingerprint density at radius 3 is 2.65 bits per heavy atom. The zero-order valence-corrected chi connectivity index (χ0v) is 18.9. The van der Waals surface area contributed by atoms with Crippen LogP contribution in [0, 0.1) is 18.3 Å². The van der Waals surface area contributed by atoms with Gasteiger partial charge in [-0.05, 0) is 43.5 Å². The molecule has 1 heterocycles. The van der Waals surface area contributed by atoms with Crippen LogP contribution >= 0.6 is 23.4 Å². The number of halogens is 1. The number of nitrogens with one attached hydrogen (secondary N) is 2. The number of aromatic amines is 1. The average molecular weight is 453 g/mol. The highest BCUT2D eigenvalue weighted by Crippen LogP contribution is 2.27. The molecule has 0 aliphatic carbocycles. The molecule has 0 spiro atoms. The summed E-state index contributed by atoms with van der Waals surface area (Å²) in [6, 6.07) is 14.5. The lowest BCUT2D eigenvalue weighted by Gasteiger charge is -2.16. The van der Waals surface area contributed by atoms with Crippen molar-refractivity contribution in [2.24, 2.45) is 0 Å². The first-order valence-corrected chi connectivity index (χ1v) is 11.0. The van der Waals surface area contributed by atoms with Gasteiger partial charge in [0.05, 0.1) is 10.9 Å². The molecule has 6 nitrogen and oxygen atoms in total. The lowest BCUT2D eigenvalue weighted by atomic mass is 10.1. The highest BCUT2D eigenvalue weighted by atomic mass is 35.5. The molecule has 3 rings (SSSR count). The van der Waals surface area contributed by atoms with Crippen molar-refractivity contribution in [2.75, 3.05) is 5.32 Å². The van der Waals surface area contributed by atoms with Crippen molar-refractivity contribution in [3.63, 3.8) is 0 Å². The molecular formula is C23H21ClN4O2S. The highest BCUT2D eigenvalue weighted by Gasteiger charge is 2.20. The molecule has 0 aliphatic rings. The van der Waals surface area contributed by atoms with Gasteiger partial charge in [-0.2, -0.15) is 5.26 Å². The van der Waals surface area contributed by atoms with E-state index in [4.69, 9.17) is 11.6 Å². The van der Waals surface area contributed by atoms with Gasteiger partial charge in [0, 0.05) is 16.3 Å².